The van der Waals surface area contributed by atoms with Crippen molar-refractivity contribution in [3.63, 3.8) is 0 Å². The molecule has 0 saturated carbocycles. The van der Waals surface area contributed by atoms with Crippen LogP contribution >= 0.6 is 0 Å². The number of quaternary nitrogens is 1. The molecule has 1 aliphatic rings. The molecule has 3 N–H and O–H groups in total. The lowest BCUT2D eigenvalue weighted by Crippen LogP contribution is -3.00. The summed E-state index contributed by atoms with van der Waals surface area (Å²) < 4.78 is 0. The van der Waals surface area contributed by atoms with Gasteiger partial charge in [-0.25, -0.2) is 0 Å². The smallest absolute Gasteiger partial charge is 0.0831 e. The summed E-state index contributed by atoms with van der Waals surface area (Å²) >= 11 is 0. The molecule has 0 bridgehead atoms. The monoisotopic (exact) mass is 652 g/mol. The van der Waals surface area contributed by atoms with Gasteiger partial charge in [-0.05, 0) is 64.2 Å². The number of rotatable bonds is 32. The van der Waals surface area contributed by atoms with Crippen molar-refractivity contribution in [1.82, 2.24) is 5.32 Å². The number of allylic oxidation sites excluding steroid dienone is 4. The van der Waals surface area contributed by atoms with Gasteiger partial charge in [-0.3, -0.25) is 4.99 Å². The van der Waals surface area contributed by atoms with E-state index < -0.39 is 0 Å². The van der Waals surface area contributed by atoms with E-state index in [-0.39, 0.29) is 12.4 Å². The van der Waals surface area contributed by atoms with Crippen LogP contribution in [-0.2, 0) is 0 Å². The van der Waals surface area contributed by atoms with Crippen LogP contribution in [0.2, 0.25) is 0 Å². The Bertz CT molecular complexity index is 618. The van der Waals surface area contributed by atoms with Crippen LogP contribution in [0, 0.1) is 0 Å². The van der Waals surface area contributed by atoms with Gasteiger partial charge in [0, 0.05) is 6.04 Å². The predicted molar refractivity (Wildman–Crippen MR) is 201 cm³/mol. The molecule has 4 heteroatoms. The molecular weight excluding hydrogens is 570 g/mol. The minimum atomic E-state index is 0. The summed E-state index contributed by atoms with van der Waals surface area (Å²) in [6.45, 7) is 4.59. The van der Waals surface area contributed by atoms with E-state index in [0.29, 0.717) is 12.1 Å². The van der Waals surface area contributed by atoms with Gasteiger partial charge in [-0.15, -0.1) is 0 Å². The second-order valence-corrected chi connectivity index (χ2v) is 13.6. The minimum absolute atomic E-state index is 0. The highest BCUT2D eigenvalue weighted by molar-refractivity contribution is 5.58. The number of nitrogens with two attached hydrogens (primary N) is 1. The number of nitrogens with one attached hydrogen (secondary N) is 1. The number of halogens is 1. The largest absolute Gasteiger partial charge is 1.00 e. The second kappa shape index (κ2) is 41.2. The summed E-state index contributed by atoms with van der Waals surface area (Å²) in [4.78, 5) is 4.77. The topological polar surface area (TPSA) is 41.0 Å². The van der Waals surface area contributed by atoms with E-state index in [1.54, 1.807) is 0 Å². The quantitative estimate of drug-likeness (QED) is 0.0553. The van der Waals surface area contributed by atoms with Crippen LogP contribution in [0.3, 0.4) is 0 Å². The maximum absolute atomic E-state index is 4.77. The van der Waals surface area contributed by atoms with Gasteiger partial charge in [0.2, 0.25) is 0 Å². The molecule has 0 radical (unpaired) electrons. The Hall–Kier alpha value is -0.800. The van der Waals surface area contributed by atoms with Crippen molar-refractivity contribution in [2.45, 2.75) is 219 Å². The fourth-order valence-corrected chi connectivity index (χ4v) is 6.21. The SMILES string of the molecule is CCCCCCCC/C=C\CCCCCCCCC1N=CNC1CCCCCCCC/C=C\CCCCCCCC.C[NH2+]C.[Cl-]. The Balaban J connectivity index is 0. The molecule has 0 saturated heterocycles. The fraction of sp³-hybridized carbons (Fsp3) is 0.878. The van der Waals surface area contributed by atoms with E-state index in [1.807, 2.05) is 25.8 Å². The van der Waals surface area contributed by atoms with Crippen LogP contribution in [0.5, 0.6) is 0 Å². The van der Waals surface area contributed by atoms with Crippen LogP contribution in [0.1, 0.15) is 206 Å². The summed E-state index contributed by atoms with van der Waals surface area (Å²) in [7, 11) is 4.00. The average molecular weight is 653 g/mol. The Labute approximate surface area is 290 Å². The number of aliphatic imine (C=N–C) groups is 1. The zero-order chi connectivity index (χ0) is 32.0. The van der Waals surface area contributed by atoms with Crippen molar-refractivity contribution in [3.8, 4) is 0 Å². The van der Waals surface area contributed by atoms with E-state index in [9.17, 15) is 0 Å². The highest BCUT2D eigenvalue weighted by Gasteiger charge is 2.22. The molecule has 1 aliphatic heterocycles. The maximum atomic E-state index is 4.77. The zero-order valence-electron chi connectivity index (χ0n) is 31.2. The van der Waals surface area contributed by atoms with Crippen molar-refractivity contribution >= 4 is 6.34 Å². The molecule has 2 atom stereocenters. The van der Waals surface area contributed by atoms with E-state index in [1.165, 1.54) is 193 Å². The summed E-state index contributed by atoms with van der Waals surface area (Å²) in [5.74, 6) is 0. The zero-order valence-corrected chi connectivity index (χ0v) is 31.9. The molecule has 0 spiro atoms. The molecule has 3 nitrogen and oxygen atoms in total. The lowest BCUT2D eigenvalue weighted by molar-refractivity contribution is -0.597. The Morgan fingerprint density at radius 2 is 0.800 bits per heavy atom. The molecule has 0 aromatic heterocycles. The molecule has 0 aromatic carbocycles. The summed E-state index contributed by atoms with van der Waals surface area (Å²) in [5.41, 5.74) is 0. The third-order valence-electron chi connectivity index (χ3n) is 9.06. The molecular formula is C41H82ClN3. The number of nitrogens with zero attached hydrogens (tertiary/aromatic N) is 1. The van der Waals surface area contributed by atoms with E-state index >= 15 is 0 Å². The average Bonchev–Trinajstić information content (AvgIpc) is 3.48. The summed E-state index contributed by atoms with van der Waals surface area (Å²) in [5, 5.41) is 5.56. The van der Waals surface area contributed by atoms with Crippen molar-refractivity contribution in [1.29, 1.82) is 0 Å². The van der Waals surface area contributed by atoms with Crippen molar-refractivity contribution in [3.05, 3.63) is 24.3 Å². The maximum Gasteiger partial charge on any atom is 0.0831 e. The highest BCUT2D eigenvalue weighted by atomic mass is 35.5. The molecule has 0 aromatic rings. The van der Waals surface area contributed by atoms with Gasteiger partial charge in [-0.1, -0.05) is 167 Å². The Morgan fingerprint density at radius 3 is 1.18 bits per heavy atom. The highest BCUT2D eigenvalue weighted by Crippen LogP contribution is 2.20. The first-order valence-electron chi connectivity index (χ1n) is 20.1. The molecule has 268 valence electrons. The third kappa shape index (κ3) is 35.9. The van der Waals surface area contributed by atoms with Gasteiger partial charge in [-0.2, -0.15) is 0 Å². The number of unbranched alkanes of at least 4 members (excludes halogenated alkanes) is 24. The van der Waals surface area contributed by atoms with E-state index in [4.69, 9.17) is 4.99 Å². The third-order valence-corrected chi connectivity index (χ3v) is 9.06. The van der Waals surface area contributed by atoms with Gasteiger partial charge in [0.1, 0.15) is 0 Å². The van der Waals surface area contributed by atoms with Crippen molar-refractivity contribution in [2.24, 2.45) is 4.99 Å². The molecule has 2 unspecified atom stereocenters. The van der Waals surface area contributed by atoms with Crippen molar-refractivity contribution < 1.29 is 17.7 Å². The number of hydrogen-bond donors (Lipinski definition) is 2. The van der Waals surface area contributed by atoms with Crippen LogP contribution in [0.25, 0.3) is 0 Å². The molecule has 0 amide bonds. The molecule has 0 fully saturated rings. The van der Waals surface area contributed by atoms with Gasteiger partial charge < -0.3 is 23.0 Å². The summed E-state index contributed by atoms with van der Waals surface area (Å²) in [6.07, 6.45) is 53.1. The van der Waals surface area contributed by atoms with E-state index in [0.717, 1.165) is 0 Å². The van der Waals surface area contributed by atoms with Gasteiger partial charge in [0.15, 0.2) is 0 Å². The van der Waals surface area contributed by atoms with Crippen LogP contribution < -0.4 is 23.0 Å². The first-order valence-corrected chi connectivity index (χ1v) is 20.1. The lowest BCUT2D eigenvalue weighted by atomic mass is 9.96. The predicted octanol–water partition coefficient (Wildman–Crippen LogP) is 9.02. The first-order chi connectivity index (χ1) is 21.8. The normalized spacial score (nSPS) is 15.8. The first kappa shape index (κ1) is 46.3. The standard InChI is InChI=1S/C39H74N2.C2H7N.ClH/c1-3-5-7-9-11-13-15-17-19-21-23-25-27-29-31-33-35-38-39(41-37-40-38)36-34-32-30-28-26-24-22-20-18-16-14-12-10-8-6-4-2;1-3-2;/h17-20,37-39H,3-16,21-36H2,1-2H3,(H,40,41);3H,1-2H3;1H/b19-17-,20-18-;;. The van der Waals surface area contributed by atoms with Crippen LogP contribution in [0.4, 0.5) is 0 Å². The number of hydrogen-bond acceptors (Lipinski definition) is 2. The molecule has 1 rings (SSSR count). The fourth-order valence-electron chi connectivity index (χ4n) is 6.21. The molecule has 1 heterocycles. The Morgan fingerprint density at radius 1 is 0.489 bits per heavy atom. The Kier molecular flexibility index (Phi) is 42.4. The lowest BCUT2D eigenvalue weighted by Gasteiger charge is -2.18. The second-order valence-electron chi connectivity index (χ2n) is 13.6. The molecule has 0 aliphatic carbocycles. The minimum Gasteiger partial charge on any atom is -1.00 e. The molecule has 45 heavy (non-hydrogen) atoms. The van der Waals surface area contributed by atoms with Gasteiger partial charge in [0.25, 0.3) is 0 Å². The van der Waals surface area contributed by atoms with Gasteiger partial charge >= 0.3 is 0 Å². The summed E-state index contributed by atoms with van der Waals surface area (Å²) in [6, 6.07) is 1.14. The van der Waals surface area contributed by atoms with Crippen LogP contribution in [0.15, 0.2) is 29.3 Å². The van der Waals surface area contributed by atoms with Gasteiger partial charge in [0.05, 0.1) is 26.5 Å². The van der Waals surface area contributed by atoms with E-state index in [2.05, 4.69) is 43.5 Å². The van der Waals surface area contributed by atoms with Crippen molar-refractivity contribution in [2.75, 3.05) is 14.1 Å². The van der Waals surface area contributed by atoms with Crippen LogP contribution in [-0.4, -0.2) is 32.5 Å².